The molecule has 3 atom stereocenters. The van der Waals surface area contributed by atoms with Gasteiger partial charge >= 0.3 is 0 Å². The van der Waals surface area contributed by atoms with E-state index >= 15 is 0 Å². The first-order valence-corrected chi connectivity index (χ1v) is 9.64. The lowest BCUT2D eigenvalue weighted by atomic mass is 9.76. The fourth-order valence-corrected chi connectivity index (χ4v) is 4.46. The summed E-state index contributed by atoms with van der Waals surface area (Å²) in [6.07, 6.45) is 6.31. The summed E-state index contributed by atoms with van der Waals surface area (Å²) in [5.74, 6) is 0.469. The number of amides is 1. The minimum absolute atomic E-state index is 0.00551. The molecule has 1 heterocycles. The Hall–Kier alpha value is -0.660. The first kappa shape index (κ1) is 16.7. The van der Waals surface area contributed by atoms with E-state index < -0.39 is 15.6 Å². The van der Waals surface area contributed by atoms with Crippen LogP contribution in [0.2, 0.25) is 0 Å². The van der Waals surface area contributed by atoms with Crippen LogP contribution in [-0.2, 0) is 14.8 Å². The Balaban J connectivity index is 2.01. The first-order valence-electron chi connectivity index (χ1n) is 7.75. The average molecular weight is 317 g/mol. The van der Waals surface area contributed by atoms with Crippen LogP contribution < -0.4 is 10.5 Å². The van der Waals surface area contributed by atoms with Gasteiger partial charge in [-0.25, -0.2) is 13.1 Å². The van der Waals surface area contributed by atoms with E-state index in [1.54, 1.807) is 4.90 Å². The summed E-state index contributed by atoms with van der Waals surface area (Å²) in [5.41, 5.74) is 5.61. The van der Waals surface area contributed by atoms with Crippen molar-refractivity contribution >= 4 is 15.9 Å². The molecule has 2 rings (SSSR count). The third-order valence-electron chi connectivity index (χ3n) is 4.55. The summed E-state index contributed by atoms with van der Waals surface area (Å²) in [6.45, 7) is 3.24. The predicted octanol–water partition coefficient (Wildman–Crippen LogP) is 0.434. The second-order valence-corrected chi connectivity index (χ2v) is 8.62. The molecular formula is C14H27N3O3S. The van der Waals surface area contributed by atoms with Gasteiger partial charge in [0.05, 0.1) is 11.8 Å². The Morgan fingerprint density at radius 3 is 2.67 bits per heavy atom. The molecule has 3 unspecified atom stereocenters. The molecular weight excluding hydrogens is 290 g/mol. The number of hydrogen-bond donors (Lipinski definition) is 2. The second kappa shape index (κ2) is 6.22. The molecule has 7 heteroatoms. The first-order chi connectivity index (χ1) is 9.70. The molecule has 1 amide bonds. The van der Waals surface area contributed by atoms with Crippen molar-refractivity contribution in [3.8, 4) is 0 Å². The highest BCUT2D eigenvalue weighted by atomic mass is 32.2. The summed E-state index contributed by atoms with van der Waals surface area (Å²) < 4.78 is 25.3. The number of likely N-dealkylation sites (tertiary alicyclic amines) is 1. The molecule has 0 aromatic heterocycles. The van der Waals surface area contributed by atoms with Gasteiger partial charge in [-0.05, 0) is 31.6 Å². The molecule has 2 fully saturated rings. The maximum atomic E-state index is 12.8. The third-order valence-corrected chi connectivity index (χ3v) is 5.31. The molecule has 0 radical (unpaired) electrons. The number of rotatable bonds is 3. The SMILES string of the molecule is CC1CCCC(N)(C(=O)N2CCCC(NS(C)(=O)=O)C2)C1. The van der Waals surface area contributed by atoms with Gasteiger partial charge in [-0.1, -0.05) is 19.8 Å². The largest absolute Gasteiger partial charge is 0.340 e. The van der Waals surface area contributed by atoms with Gasteiger partial charge in [0.1, 0.15) is 0 Å². The van der Waals surface area contributed by atoms with Gasteiger partial charge in [-0.2, -0.15) is 0 Å². The minimum atomic E-state index is -3.24. The normalized spacial score (nSPS) is 34.7. The van der Waals surface area contributed by atoms with Gasteiger partial charge in [0.15, 0.2) is 0 Å². The van der Waals surface area contributed by atoms with Gasteiger partial charge in [0.2, 0.25) is 15.9 Å². The van der Waals surface area contributed by atoms with Gasteiger partial charge in [0.25, 0.3) is 0 Å². The molecule has 1 aliphatic heterocycles. The van der Waals surface area contributed by atoms with Crippen molar-refractivity contribution in [3.63, 3.8) is 0 Å². The molecule has 2 aliphatic rings. The Labute approximate surface area is 127 Å². The lowest BCUT2D eigenvalue weighted by Crippen LogP contribution is -2.60. The van der Waals surface area contributed by atoms with Crippen molar-refractivity contribution in [2.24, 2.45) is 11.7 Å². The van der Waals surface area contributed by atoms with Crippen LogP contribution in [0.4, 0.5) is 0 Å². The molecule has 21 heavy (non-hydrogen) atoms. The fourth-order valence-electron chi connectivity index (χ4n) is 3.66. The van der Waals surface area contributed by atoms with Crippen LogP contribution >= 0.6 is 0 Å². The number of nitrogens with two attached hydrogens (primary N) is 1. The Kier molecular flexibility index (Phi) is 4.95. The zero-order valence-corrected chi connectivity index (χ0v) is 13.8. The molecule has 0 bridgehead atoms. The van der Waals surface area contributed by atoms with E-state index in [2.05, 4.69) is 11.6 Å². The van der Waals surface area contributed by atoms with Crippen molar-refractivity contribution in [2.45, 2.75) is 57.0 Å². The van der Waals surface area contributed by atoms with Crippen LogP contribution in [0, 0.1) is 5.92 Å². The Morgan fingerprint density at radius 1 is 1.33 bits per heavy atom. The molecule has 3 N–H and O–H groups in total. The number of carbonyl (C=O) groups is 1. The van der Waals surface area contributed by atoms with Gasteiger partial charge in [0, 0.05) is 19.1 Å². The van der Waals surface area contributed by atoms with E-state index in [1.807, 2.05) is 0 Å². The topological polar surface area (TPSA) is 92.5 Å². The van der Waals surface area contributed by atoms with Gasteiger partial charge in [-0.15, -0.1) is 0 Å². The minimum Gasteiger partial charge on any atom is -0.340 e. The van der Waals surface area contributed by atoms with Crippen molar-refractivity contribution < 1.29 is 13.2 Å². The van der Waals surface area contributed by atoms with Gasteiger partial charge < -0.3 is 10.6 Å². The summed E-state index contributed by atoms with van der Waals surface area (Å²) in [5, 5.41) is 0. The summed E-state index contributed by atoms with van der Waals surface area (Å²) in [6, 6.07) is -0.192. The van der Waals surface area contributed by atoms with Crippen molar-refractivity contribution in [3.05, 3.63) is 0 Å². The van der Waals surface area contributed by atoms with Crippen LogP contribution in [0.1, 0.15) is 45.4 Å². The van der Waals surface area contributed by atoms with Crippen LogP contribution in [0.3, 0.4) is 0 Å². The molecule has 122 valence electrons. The predicted molar refractivity (Wildman–Crippen MR) is 82.1 cm³/mol. The van der Waals surface area contributed by atoms with E-state index in [4.69, 9.17) is 5.73 Å². The van der Waals surface area contributed by atoms with E-state index in [-0.39, 0.29) is 11.9 Å². The molecule has 1 saturated heterocycles. The molecule has 0 aromatic carbocycles. The summed E-state index contributed by atoms with van der Waals surface area (Å²) in [7, 11) is -3.24. The average Bonchev–Trinajstić information content (AvgIpc) is 2.36. The molecule has 1 saturated carbocycles. The lowest BCUT2D eigenvalue weighted by Gasteiger charge is -2.41. The molecule has 0 spiro atoms. The monoisotopic (exact) mass is 317 g/mol. The van der Waals surface area contributed by atoms with E-state index in [0.29, 0.717) is 19.0 Å². The number of piperidine rings is 1. The number of hydrogen-bond acceptors (Lipinski definition) is 4. The van der Waals surface area contributed by atoms with E-state index in [9.17, 15) is 13.2 Å². The lowest BCUT2D eigenvalue weighted by molar-refractivity contribution is -0.140. The summed E-state index contributed by atoms with van der Waals surface area (Å²) in [4.78, 5) is 14.5. The number of nitrogens with zero attached hydrogens (tertiary/aromatic N) is 1. The number of nitrogens with one attached hydrogen (secondary N) is 1. The van der Waals surface area contributed by atoms with Crippen molar-refractivity contribution in [2.75, 3.05) is 19.3 Å². The zero-order chi connectivity index (χ0) is 15.7. The second-order valence-electron chi connectivity index (χ2n) is 6.84. The van der Waals surface area contributed by atoms with Crippen molar-refractivity contribution in [1.82, 2.24) is 9.62 Å². The Morgan fingerprint density at radius 2 is 2.05 bits per heavy atom. The molecule has 6 nitrogen and oxygen atoms in total. The van der Waals surface area contributed by atoms with Crippen molar-refractivity contribution in [1.29, 1.82) is 0 Å². The highest BCUT2D eigenvalue weighted by molar-refractivity contribution is 7.88. The smallest absolute Gasteiger partial charge is 0.242 e. The highest BCUT2D eigenvalue weighted by Gasteiger charge is 2.41. The Bertz CT molecular complexity index is 494. The third kappa shape index (κ3) is 4.40. The number of sulfonamides is 1. The summed E-state index contributed by atoms with van der Waals surface area (Å²) >= 11 is 0. The quantitative estimate of drug-likeness (QED) is 0.790. The van der Waals surface area contributed by atoms with Crippen LogP contribution in [0.15, 0.2) is 0 Å². The van der Waals surface area contributed by atoms with Crippen LogP contribution in [-0.4, -0.2) is 50.2 Å². The molecule has 1 aliphatic carbocycles. The van der Waals surface area contributed by atoms with E-state index in [0.717, 1.165) is 44.8 Å². The zero-order valence-electron chi connectivity index (χ0n) is 13.0. The fraction of sp³-hybridized carbons (Fsp3) is 0.929. The standard InChI is InChI=1S/C14H27N3O3S/c1-11-5-3-7-14(15,9-11)13(18)17-8-4-6-12(10-17)16-21(2,19)20/h11-12,16H,3-10,15H2,1-2H3. The van der Waals surface area contributed by atoms with Crippen LogP contribution in [0.5, 0.6) is 0 Å². The number of carbonyl (C=O) groups excluding carboxylic acids is 1. The van der Waals surface area contributed by atoms with E-state index in [1.165, 1.54) is 0 Å². The van der Waals surface area contributed by atoms with Crippen LogP contribution in [0.25, 0.3) is 0 Å². The molecule has 0 aromatic rings. The maximum Gasteiger partial charge on any atom is 0.242 e. The van der Waals surface area contributed by atoms with Gasteiger partial charge in [-0.3, -0.25) is 4.79 Å². The highest BCUT2D eigenvalue weighted by Crippen LogP contribution is 2.32. The maximum absolute atomic E-state index is 12.8.